The minimum Gasteiger partial charge on any atom is -0.458 e. The van der Waals surface area contributed by atoms with Crippen molar-refractivity contribution in [1.82, 2.24) is 0 Å². The monoisotopic (exact) mass is 446 g/mol. The Balaban J connectivity index is 1.31. The number of carbonyl (C=O) groups excluding carboxylic acids is 2. The Bertz CT molecular complexity index is 1030. The summed E-state index contributed by atoms with van der Waals surface area (Å²) >= 11 is 0. The fourth-order valence-electron chi connectivity index (χ4n) is 6.93. The first kappa shape index (κ1) is 22.2. The molecule has 2 saturated carbocycles. The molecule has 0 spiro atoms. The molecule has 2 aromatic rings. The van der Waals surface area contributed by atoms with Gasteiger partial charge in [-0.3, -0.25) is 4.79 Å². The second-order valence-corrected chi connectivity index (χ2v) is 10.4. The second kappa shape index (κ2) is 8.96. The molecule has 4 heteroatoms. The van der Waals surface area contributed by atoms with Crippen LogP contribution in [0.5, 0.6) is 5.75 Å². The number of hydrogen-bond acceptors (Lipinski definition) is 4. The van der Waals surface area contributed by atoms with Crippen molar-refractivity contribution in [3.8, 4) is 5.75 Å². The third-order valence-electron chi connectivity index (χ3n) is 8.56. The number of carbonyl (C=O) groups is 2. The maximum atomic E-state index is 12.8. The van der Waals surface area contributed by atoms with Crippen molar-refractivity contribution in [2.24, 2.45) is 17.3 Å². The molecule has 0 N–H and O–H groups in total. The molecule has 5 unspecified atom stereocenters. The van der Waals surface area contributed by atoms with Gasteiger partial charge in [-0.2, -0.15) is 0 Å². The molecule has 0 heterocycles. The Morgan fingerprint density at radius 2 is 1.85 bits per heavy atom. The molecule has 0 amide bonds. The number of ether oxygens (including phenoxy) is 2. The topological polar surface area (TPSA) is 52.6 Å². The van der Waals surface area contributed by atoms with E-state index in [1.807, 2.05) is 43.3 Å². The average molecular weight is 447 g/mol. The zero-order valence-corrected chi connectivity index (χ0v) is 19.7. The average Bonchev–Trinajstić information content (AvgIpc) is 3.15. The SMILES string of the molecule is CCCC(=O)Oc1ccc2c(c1)CCC1C2CCC2(C)C(OC(=O)c3ccccc3)CCC12. The lowest BCUT2D eigenvalue weighted by Crippen LogP contribution is -2.45. The summed E-state index contributed by atoms with van der Waals surface area (Å²) in [7, 11) is 0. The zero-order chi connectivity index (χ0) is 23.0. The molecule has 2 fully saturated rings. The van der Waals surface area contributed by atoms with Crippen molar-refractivity contribution in [2.45, 2.75) is 77.2 Å². The van der Waals surface area contributed by atoms with E-state index < -0.39 is 0 Å². The summed E-state index contributed by atoms with van der Waals surface area (Å²) in [4.78, 5) is 24.7. The first-order valence-corrected chi connectivity index (χ1v) is 12.6. The lowest BCUT2D eigenvalue weighted by Gasteiger charge is -2.50. The molecule has 0 radical (unpaired) electrons. The van der Waals surface area contributed by atoms with Gasteiger partial charge in [-0.15, -0.1) is 0 Å². The molecular formula is C29H34O4. The van der Waals surface area contributed by atoms with E-state index >= 15 is 0 Å². The fraction of sp³-hybridized carbons (Fsp3) is 0.517. The highest BCUT2D eigenvalue weighted by atomic mass is 16.5. The maximum absolute atomic E-state index is 12.8. The maximum Gasteiger partial charge on any atom is 0.338 e. The molecule has 3 aliphatic rings. The summed E-state index contributed by atoms with van der Waals surface area (Å²) in [6.45, 7) is 4.34. The van der Waals surface area contributed by atoms with Crippen molar-refractivity contribution in [3.05, 3.63) is 65.2 Å². The molecular weight excluding hydrogens is 412 g/mol. The summed E-state index contributed by atoms with van der Waals surface area (Å²) in [5.74, 6) is 2.10. The molecule has 0 bridgehead atoms. The van der Waals surface area contributed by atoms with Gasteiger partial charge in [0, 0.05) is 11.8 Å². The van der Waals surface area contributed by atoms with Gasteiger partial charge < -0.3 is 9.47 Å². The molecule has 3 aliphatic carbocycles. The van der Waals surface area contributed by atoms with Crippen molar-refractivity contribution in [1.29, 1.82) is 0 Å². The fourth-order valence-corrected chi connectivity index (χ4v) is 6.93. The van der Waals surface area contributed by atoms with E-state index in [-0.39, 0.29) is 23.5 Å². The number of aryl methyl sites for hydroxylation is 1. The molecule has 5 rings (SSSR count). The zero-order valence-electron chi connectivity index (χ0n) is 19.7. The molecule has 0 aromatic heterocycles. The summed E-state index contributed by atoms with van der Waals surface area (Å²) in [6, 6.07) is 15.6. The van der Waals surface area contributed by atoms with Crippen molar-refractivity contribution in [3.63, 3.8) is 0 Å². The Kier molecular flexibility index (Phi) is 6.03. The number of esters is 2. The van der Waals surface area contributed by atoms with Gasteiger partial charge >= 0.3 is 11.9 Å². The minimum absolute atomic E-state index is 0.00194. The van der Waals surface area contributed by atoms with Gasteiger partial charge in [0.25, 0.3) is 0 Å². The van der Waals surface area contributed by atoms with E-state index in [1.165, 1.54) is 11.1 Å². The van der Waals surface area contributed by atoms with E-state index in [1.54, 1.807) is 0 Å². The summed E-state index contributed by atoms with van der Waals surface area (Å²) in [6.07, 6.45) is 7.73. The first-order chi connectivity index (χ1) is 16.0. The molecule has 0 aliphatic heterocycles. The summed E-state index contributed by atoms with van der Waals surface area (Å²) in [5.41, 5.74) is 3.47. The molecule has 174 valence electrons. The van der Waals surface area contributed by atoms with Gasteiger partial charge in [0.05, 0.1) is 5.56 Å². The Hall–Kier alpha value is -2.62. The standard InChI is InChI=1S/C29H34O4/c1-3-7-27(30)32-21-11-13-22-20(18-21)10-12-24-23(22)16-17-29(2)25(24)14-15-26(29)33-28(31)19-8-5-4-6-9-19/h4-6,8-9,11,13,18,23-26H,3,7,10,12,14-17H2,1-2H3. The van der Waals surface area contributed by atoms with Crippen LogP contribution in [0.4, 0.5) is 0 Å². The van der Waals surface area contributed by atoms with Gasteiger partial charge in [-0.05, 0) is 98.1 Å². The van der Waals surface area contributed by atoms with E-state index in [0.29, 0.717) is 35.5 Å². The number of hydrogen-bond donors (Lipinski definition) is 0. The normalized spacial score (nSPS) is 30.0. The quantitative estimate of drug-likeness (QED) is 0.390. The van der Waals surface area contributed by atoms with E-state index in [9.17, 15) is 9.59 Å². The van der Waals surface area contributed by atoms with Crippen LogP contribution in [-0.4, -0.2) is 18.0 Å². The lowest BCUT2D eigenvalue weighted by atomic mass is 9.55. The predicted octanol–water partition coefficient (Wildman–Crippen LogP) is 6.47. The van der Waals surface area contributed by atoms with Gasteiger partial charge in [-0.1, -0.05) is 38.1 Å². The molecule has 5 atom stereocenters. The summed E-state index contributed by atoms with van der Waals surface area (Å²) < 4.78 is 11.6. The van der Waals surface area contributed by atoms with Crippen LogP contribution >= 0.6 is 0 Å². The largest absolute Gasteiger partial charge is 0.458 e. The Labute approximate surface area is 196 Å². The Morgan fingerprint density at radius 1 is 1.03 bits per heavy atom. The van der Waals surface area contributed by atoms with Crippen LogP contribution in [-0.2, 0) is 16.0 Å². The first-order valence-electron chi connectivity index (χ1n) is 12.6. The molecule has 2 aromatic carbocycles. The summed E-state index contributed by atoms with van der Waals surface area (Å²) in [5, 5.41) is 0. The highest BCUT2D eigenvalue weighted by Crippen LogP contribution is 2.61. The van der Waals surface area contributed by atoms with Crippen LogP contribution in [0, 0.1) is 17.3 Å². The van der Waals surface area contributed by atoms with Crippen LogP contribution < -0.4 is 4.74 Å². The van der Waals surface area contributed by atoms with E-state index in [2.05, 4.69) is 19.1 Å². The van der Waals surface area contributed by atoms with Crippen LogP contribution in [0.15, 0.2) is 48.5 Å². The van der Waals surface area contributed by atoms with Crippen molar-refractivity contribution >= 4 is 11.9 Å². The number of benzene rings is 2. The van der Waals surface area contributed by atoms with Crippen LogP contribution in [0.25, 0.3) is 0 Å². The van der Waals surface area contributed by atoms with Crippen LogP contribution in [0.1, 0.15) is 86.2 Å². The molecule has 0 saturated heterocycles. The highest BCUT2D eigenvalue weighted by Gasteiger charge is 2.56. The predicted molar refractivity (Wildman–Crippen MR) is 127 cm³/mol. The smallest absolute Gasteiger partial charge is 0.338 e. The van der Waals surface area contributed by atoms with Gasteiger partial charge in [0.15, 0.2) is 0 Å². The third-order valence-corrected chi connectivity index (χ3v) is 8.56. The third kappa shape index (κ3) is 4.09. The van der Waals surface area contributed by atoms with Gasteiger partial charge in [0.2, 0.25) is 0 Å². The van der Waals surface area contributed by atoms with E-state index in [0.717, 1.165) is 44.9 Å². The number of rotatable bonds is 5. The Morgan fingerprint density at radius 3 is 2.64 bits per heavy atom. The van der Waals surface area contributed by atoms with Crippen molar-refractivity contribution in [2.75, 3.05) is 0 Å². The molecule has 4 nitrogen and oxygen atoms in total. The van der Waals surface area contributed by atoms with Crippen molar-refractivity contribution < 1.29 is 19.1 Å². The van der Waals surface area contributed by atoms with Crippen LogP contribution in [0.2, 0.25) is 0 Å². The van der Waals surface area contributed by atoms with Crippen LogP contribution in [0.3, 0.4) is 0 Å². The van der Waals surface area contributed by atoms with Gasteiger partial charge in [-0.25, -0.2) is 4.79 Å². The minimum atomic E-state index is -0.191. The number of fused-ring (bicyclic) bond motifs is 5. The lowest BCUT2D eigenvalue weighted by molar-refractivity contribution is -0.134. The highest BCUT2D eigenvalue weighted by molar-refractivity contribution is 5.89. The van der Waals surface area contributed by atoms with Gasteiger partial charge in [0.1, 0.15) is 11.9 Å². The molecule has 33 heavy (non-hydrogen) atoms. The van der Waals surface area contributed by atoms with E-state index in [4.69, 9.17) is 9.47 Å². The second-order valence-electron chi connectivity index (χ2n) is 10.4.